The van der Waals surface area contributed by atoms with Crippen molar-refractivity contribution in [1.29, 1.82) is 0 Å². The Bertz CT molecular complexity index is 454. The van der Waals surface area contributed by atoms with Crippen LogP contribution >= 0.6 is 0 Å². The molecule has 0 radical (unpaired) electrons. The molecule has 0 atom stereocenters. The zero-order chi connectivity index (χ0) is 11.6. The number of aryl methyl sites for hydroxylation is 1. The van der Waals surface area contributed by atoms with Gasteiger partial charge in [0.15, 0.2) is 0 Å². The van der Waals surface area contributed by atoms with E-state index in [4.69, 9.17) is 0 Å². The molecule has 0 aliphatic rings. The number of hydrogen-bond acceptors (Lipinski definition) is 3. The van der Waals surface area contributed by atoms with Crippen LogP contribution in [-0.4, -0.2) is 31.9 Å². The first-order valence-corrected chi connectivity index (χ1v) is 5.77. The summed E-state index contributed by atoms with van der Waals surface area (Å²) in [6, 6.07) is 4.87. The lowest BCUT2D eigenvalue weighted by atomic mass is 10.2. The first kappa shape index (κ1) is 11.8. The van der Waals surface area contributed by atoms with Crippen molar-refractivity contribution in [2.75, 3.05) is 18.8 Å². The molecular formula is C9H14N2O3S. The van der Waals surface area contributed by atoms with E-state index in [9.17, 15) is 13.5 Å². The van der Waals surface area contributed by atoms with Gasteiger partial charge >= 0.3 is 10.2 Å². The molecular weight excluding hydrogens is 216 g/mol. The number of nitrogens with zero attached hydrogens (tertiary/aromatic N) is 1. The average molecular weight is 230 g/mol. The maximum atomic E-state index is 11.5. The van der Waals surface area contributed by atoms with Gasteiger partial charge in [0, 0.05) is 14.1 Å². The minimum atomic E-state index is -3.57. The van der Waals surface area contributed by atoms with Gasteiger partial charge in [0.1, 0.15) is 5.75 Å². The van der Waals surface area contributed by atoms with Crippen LogP contribution in [0.25, 0.3) is 0 Å². The number of benzene rings is 1. The summed E-state index contributed by atoms with van der Waals surface area (Å²) in [5.41, 5.74) is 0.803. The van der Waals surface area contributed by atoms with Crippen molar-refractivity contribution in [2.24, 2.45) is 0 Å². The number of anilines is 1. The lowest BCUT2D eigenvalue weighted by Gasteiger charge is -2.14. The quantitative estimate of drug-likeness (QED) is 0.759. The molecule has 84 valence electrons. The maximum absolute atomic E-state index is 11.5. The van der Waals surface area contributed by atoms with E-state index in [1.165, 1.54) is 20.2 Å². The van der Waals surface area contributed by atoms with Gasteiger partial charge in [-0.05, 0) is 18.6 Å². The molecule has 1 aromatic rings. The summed E-state index contributed by atoms with van der Waals surface area (Å²) >= 11 is 0. The third-order valence-electron chi connectivity index (χ3n) is 1.96. The van der Waals surface area contributed by atoms with Gasteiger partial charge in [-0.25, -0.2) is 0 Å². The van der Waals surface area contributed by atoms with Gasteiger partial charge in [0.05, 0.1) is 5.69 Å². The molecule has 0 heterocycles. The number of nitrogens with one attached hydrogen (secondary N) is 1. The fourth-order valence-corrected chi connectivity index (χ4v) is 1.60. The fourth-order valence-electron chi connectivity index (χ4n) is 0.972. The second-order valence-corrected chi connectivity index (χ2v) is 5.25. The van der Waals surface area contributed by atoms with Crippen molar-refractivity contribution in [3.8, 4) is 5.75 Å². The minimum absolute atomic E-state index is 0.0528. The Balaban J connectivity index is 3.06. The Morgan fingerprint density at radius 1 is 1.33 bits per heavy atom. The molecule has 0 aliphatic heterocycles. The molecule has 0 unspecified atom stereocenters. The molecule has 0 bridgehead atoms. The van der Waals surface area contributed by atoms with Gasteiger partial charge in [-0.1, -0.05) is 12.1 Å². The highest BCUT2D eigenvalue weighted by Crippen LogP contribution is 2.27. The molecule has 0 saturated heterocycles. The highest BCUT2D eigenvalue weighted by molar-refractivity contribution is 7.90. The van der Waals surface area contributed by atoms with Crippen molar-refractivity contribution in [3.63, 3.8) is 0 Å². The van der Waals surface area contributed by atoms with Crippen molar-refractivity contribution < 1.29 is 13.5 Å². The molecule has 0 fully saturated rings. The monoisotopic (exact) mass is 230 g/mol. The van der Waals surface area contributed by atoms with Crippen LogP contribution in [0, 0.1) is 6.92 Å². The molecule has 5 nitrogen and oxygen atoms in total. The fraction of sp³-hybridized carbons (Fsp3) is 0.333. The van der Waals surface area contributed by atoms with Crippen molar-refractivity contribution in [3.05, 3.63) is 23.8 Å². The first-order valence-electron chi connectivity index (χ1n) is 4.33. The van der Waals surface area contributed by atoms with E-state index in [1.807, 2.05) is 0 Å². The summed E-state index contributed by atoms with van der Waals surface area (Å²) in [4.78, 5) is 0. The normalized spacial score (nSPS) is 11.7. The van der Waals surface area contributed by atoms with Crippen LogP contribution in [0.3, 0.4) is 0 Å². The Hall–Kier alpha value is -1.27. The van der Waals surface area contributed by atoms with Crippen LogP contribution in [0.15, 0.2) is 18.2 Å². The zero-order valence-electron chi connectivity index (χ0n) is 8.85. The Morgan fingerprint density at radius 3 is 2.47 bits per heavy atom. The summed E-state index contributed by atoms with van der Waals surface area (Å²) in [6.45, 7) is 1.70. The average Bonchev–Trinajstić information content (AvgIpc) is 2.12. The summed E-state index contributed by atoms with van der Waals surface area (Å²) in [5.74, 6) is -0.0528. The maximum Gasteiger partial charge on any atom is 0.301 e. The topological polar surface area (TPSA) is 69.6 Å². The summed E-state index contributed by atoms with van der Waals surface area (Å²) in [6.07, 6.45) is 0. The zero-order valence-corrected chi connectivity index (χ0v) is 9.67. The standard InChI is InChI=1S/C9H14N2O3S/c1-7-5-4-6-8(9(7)12)10-15(13,14)11(2)3/h4-6,10,12H,1-3H3. The van der Waals surface area contributed by atoms with Crippen LogP contribution in [0.2, 0.25) is 0 Å². The van der Waals surface area contributed by atoms with Crippen molar-refractivity contribution >= 4 is 15.9 Å². The third-order valence-corrected chi connectivity index (χ3v) is 3.40. The van der Waals surface area contributed by atoms with E-state index in [0.717, 1.165) is 4.31 Å². The number of aromatic hydroxyl groups is 1. The van der Waals surface area contributed by atoms with E-state index in [-0.39, 0.29) is 11.4 Å². The van der Waals surface area contributed by atoms with Crippen LogP contribution in [0.1, 0.15) is 5.56 Å². The van der Waals surface area contributed by atoms with E-state index < -0.39 is 10.2 Å². The van der Waals surface area contributed by atoms with Gasteiger partial charge in [0.2, 0.25) is 0 Å². The van der Waals surface area contributed by atoms with Gasteiger partial charge in [0.25, 0.3) is 0 Å². The van der Waals surface area contributed by atoms with Crippen molar-refractivity contribution in [2.45, 2.75) is 6.92 Å². The smallest absolute Gasteiger partial charge is 0.301 e. The molecule has 1 rings (SSSR count). The van der Waals surface area contributed by atoms with Gasteiger partial charge in [-0.3, -0.25) is 4.72 Å². The van der Waals surface area contributed by atoms with Crippen LogP contribution in [0.5, 0.6) is 5.75 Å². The number of para-hydroxylation sites is 1. The van der Waals surface area contributed by atoms with E-state index >= 15 is 0 Å². The van der Waals surface area contributed by atoms with Crippen molar-refractivity contribution in [1.82, 2.24) is 4.31 Å². The van der Waals surface area contributed by atoms with Crippen LogP contribution in [-0.2, 0) is 10.2 Å². The van der Waals surface area contributed by atoms with Gasteiger partial charge in [-0.2, -0.15) is 12.7 Å². The minimum Gasteiger partial charge on any atom is -0.505 e. The Kier molecular flexibility index (Phi) is 3.21. The van der Waals surface area contributed by atoms with Crippen LogP contribution < -0.4 is 4.72 Å². The van der Waals surface area contributed by atoms with E-state index in [0.29, 0.717) is 5.56 Å². The lowest BCUT2D eigenvalue weighted by Crippen LogP contribution is -2.28. The highest BCUT2D eigenvalue weighted by Gasteiger charge is 2.15. The predicted molar refractivity (Wildman–Crippen MR) is 59.1 cm³/mol. The molecule has 0 amide bonds. The Morgan fingerprint density at radius 2 is 1.93 bits per heavy atom. The molecule has 2 N–H and O–H groups in total. The summed E-state index contributed by atoms with van der Waals surface area (Å²) < 4.78 is 26.2. The molecule has 1 aromatic carbocycles. The molecule has 0 aliphatic carbocycles. The number of rotatable bonds is 3. The largest absolute Gasteiger partial charge is 0.505 e. The summed E-state index contributed by atoms with van der Waals surface area (Å²) in [7, 11) is -0.743. The lowest BCUT2D eigenvalue weighted by molar-refractivity contribution is 0.473. The van der Waals surface area contributed by atoms with E-state index in [1.54, 1.807) is 19.1 Å². The molecule has 0 aromatic heterocycles. The molecule has 15 heavy (non-hydrogen) atoms. The van der Waals surface area contributed by atoms with Crippen LogP contribution in [0.4, 0.5) is 5.69 Å². The molecule has 6 heteroatoms. The highest BCUT2D eigenvalue weighted by atomic mass is 32.2. The second kappa shape index (κ2) is 4.08. The Labute approximate surface area is 89.5 Å². The SMILES string of the molecule is Cc1cccc(NS(=O)(=O)N(C)C)c1O. The number of phenols is 1. The van der Waals surface area contributed by atoms with E-state index in [2.05, 4.69) is 4.72 Å². The van der Waals surface area contributed by atoms with Gasteiger partial charge < -0.3 is 5.11 Å². The molecule has 0 saturated carbocycles. The van der Waals surface area contributed by atoms with Gasteiger partial charge in [-0.15, -0.1) is 0 Å². The predicted octanol–water partition coefficient (Wildman–Crippen LogP) is 0.919. The number of phenolic OH excluding ortho intramolecular Hbond substituents is 1. The third kappa shape index (κ3) is 2.60. The molecule has 0 spiro atoms. The first-order chi connectivity index (χ1) is 6.84. The second-order valence-electron chi connectivity index (χ2n) is 3.36. The number of hydrogen-bond donors (Lipinski definition) is 2. The summed E-state index contributed by atoms with van der Waals surface area (Å²) in [5, 5.41) is 9.60.